The average molecular weight is 339 g/mol. The summed E-state index contributed by atoms with van der Waals surface area (Å²) in [6.45, 7) is 0.264. The van der Waals surface area contributed by atoms with E-state index in [1.54, 1.807) is 6.07 Å². The van der Waals surface area contributed by atoms with Crippen LogP contribution >= 0.6 is 0 Å². The topological polar surface area (TPSA) is 132 Å². The van der Waals surface area contributed by atoms with E-state index in [2.05, 4.69) is 25.3 Å². The normalized spacial score (nSPS) is 11.6. The largest absolute Gasteiger partial charge is 0.493 e. The third kappa shape index (κ3) is 3.34. The number of hydrogen-bond acceptors (Lipinski definition) is 9. The molecule has 3 aromatic heterocycles. The monoisotopic (exact) mass is 339 g/mol. The Labute approximate surface area is 131 Å². The van der Waals surface area contributed by atoms with E-state index in [9.17, 15) is 8.42 Å². The van der Waals surface area contributed by atoms with Gasteiger partial charge in [-0.3, -0.25) is 0 Å². The molecule has 0 aliphatic heterocycles. The number of imidazole rings is 1. The average Bonchev–Trinajstić information content (AvgIpc) is 3.11. The van der Waals surface area contributed by atoms with Crippen LogP contribution in [0.25, 0.3) is 11.2 Å². The van der Waals surface area contributed by atoms with Gasteiger partial charge in [-0.05, 0) is 0 Å². The Morgan fingerprint density at radius 1 is 1.39 bits per heavy atom. The molecular weight excluding hydrogens is 326 g/mol. The highest BCUT2D eigenvalue weighted by Crippen LogP contribution is 2.24. The summed E-state index contributed by atoms with van der Waals surface area (Å²) >= 11 is 0. The van der Waals surface area contributed by atoms with Gasteiger partial charge in [-0.15, -0.1) is 0 Å². The molecule has 122 valence electrons. The first kappa shape index (κ1) is 15.1. The number of fused-ring (bicyclic) bond motifs is 1. The number of furan rings is 1. The minimum Gasteiger partial charge on any atom is -0.493 e. The predicted octanol–water partition coefficient (Wildman–Crippen LogP) is 0.905. The standard InChI is InChI=1S/C12H13N5O5S/c1-20-7-3-4-21-8(7)5-13-10-9-11(15-6-14-9)17-12(16-10)22-23(2,18)19/h3-4,6H,5H2,1-2H3,(H2,13,14,15,16,17). The second-order valence-electron chi connectivity index (χ2n) is 4.51. The molecular formula is C12H13N5O5S. The lowest BCUT2D eigenvalue weighted by atomic mass is 10.4. The Balaban J connectivity index is 1.91. The number of ether oxygens (including phenoxy) is 1. The Bertz CT molecular complexity index is 932. The molecule has 10 nitrogen and oxygen atoms in total. The molecule has 3 rings (SSSR count). The van der Waals surface area contributed by atoms with Gasteiger partial charge in [-0.2, -0.15) is 18.4 Å². The number of hydrogen-bond donors (Lipinski definition) is 2. The number of nitrogens with zero attached hydrogens (tertiary/aromatic N) is 3. The molecule has 0 radical (unpaired) electrons. The van der Waals surface area contributed by atoms with Crippen molar-refractivity contribution in [3.63, 3.8) is 0 Å². The number of H-pyrrole nitrogens is 1. The molecule has 0 spiro atoms. The van der Waals surface area contributed by atoms with Crippen LogP contribution in [0.2, 0.25) is 0 Å². The number of aromatic amines is 1. The van der Waals surface area contributed by atoms with Gasteiger partial charge in [0.1, 0.15) is 5.52 Å². The summed E-state index contributed by atoms with van der Waals surface area (Å²) in [5.74, 6) is 1.47. The Morgan fingerprint density at radius 3 is 2.96 bits per heavy atom. The lowest BCUT2D eigenvalue weighted by Crippen LogP contribution is -2.10. The second-order valence-corrected chi connectivity index (χ2v) is 6.08. The van der Waals surface area contributed by atoms with Crippen LogP contribution in [0.5, 0.6) is 11.8 Å². The number of methoxy groups -OCH3 is 1. The maximum Gasteiger partial charge on any atom is 0.337 e. The van der Waals surface area contributed by atoms with Crippen molar-refractivity contribution in [2.24, 2.45) is 0 Å². The summed E-state index contributed by atoms with van der Waals surface area (Å²) in [7, 11) is -2.21. The van der Waals surface area contributed by atoms with E-state index in [1.165, 1.54) is 19.7 Å². The zero-order chi connectivity index (χ0) is 16.4. The van der Waals surface area contributed by atoms with Crippen LogP contribution in [0.15, 0.2) is 23.1 Å². The summed E-state index contributed by atoms with van der Waals surface area (Å²) in [6, 6.07) is 1.36. The van der Waals surface area contributed by atoms with Gasteiger partial charge in [0.2, 0.25) is 0 Å². The van der Waals surface area contributed by atoms with Crippen molar-refractivity contribution in [3.8, 4) is 11.8 Å². The Kier molecular flexibility index (Phi) is 3.78. The summed E-state index contributed by atoms with van der Waals surface area (Å²) in [6.07, 6.45) is 3.83. The van der Waals surface area contributed by atoms with Gasteiger partial charge in [-0.25, -0.2) is 4.98 Å². The first-order valence-electron chi connectivity index (χ1n) is 6.41. The fraction of sp³-hybridized carbons (Fsp3) is 0.250. The summed E-state index contributed by atoms with van der Waals surface area (Å²) in [4.78, 5) is 14.8. The van der Waals surface area contributed by atoms with Crippen molar-refractivity contribution < 1.29 is 21.8 Å². The number of rotatable bonds is 6. The zero-order valence-corrected chi connectivity index (χ0v) is 13.0. The number of nitrogens with one attached hydrogen (secondary N) is 2. The maximum atomic E-state index is 11.2. The van der Waals surface area contributed by atoms with Crippen molar-refractivity contribution in [3.05, 3.63) is 24.4 Å². The molecule has 0 saturated heterocycles. The third-order valence-corrected chi connectivity index (χ3v) is 3.28. The SMILES string of the molecule is COc1ccoc1CNc1nc(OS(C)(=O)=O)nc2nc[nH]c12. The van der Waals surface area contributed by atoms with E-state index in [4.69, 9.17) is 13.3 Å². The molecule has 0 atom stereocenters. The summed E-state index contributed by atoms with van der Waals surface area (Å²) in [5.41, 5.74) is 0.781. The third-order valence-electron chi connectivity index (χ3n) is 2.83. The van der Waals surface area contributed by atoms with Crippen LogP contribution in [0, 0.1) is 0 Å². The van der Waals surface area contributed by atoms with Crippen LogP contribution in [-0.4, -0.2) is 41.7 Å². The van der Waals surface area contributed by atoms with E-state index >= 15 is 0 Å². The molecule has 3 heterocycles. The minimum atomic E-state index is -3.74. The first-order chi connectivity index (χ1) is 11.0. The van der Waals surface area contributed by atoms with Crippen LogP contribution in [-0.2, 0) is 16.7 Å². The highest BCUT2D eigenvalue weighted by atomic mass is 32.2. The van der Waals surface area contributed by atoms with Crippen molar-refractivity contribution >= 4 is 27.1 Å². The molecule has 0 amide bonds. The molecule has 0 aliphatic rings. The minimum absolute atomic E-state index is 0.264. The smallest absolute Gasteiger partial charge is 0.337 e. The van der Waals surface area contributed by atoms with E-state index in [0.29, 0.717) is 22.8 Å². The lowest BCUT2D eigenvalue weighted by molar-refractivity contribution is 0.393. The van der Waals surface area contributed by atoms with Crippen molar-refractivity contribution in [2.45, 2.75) is 6.54 Å². The van der Waals surface area contributed by atoms with E-state index in [0.717, 1.165) is 6.26 Å². The molecule has 0 aliphatic carbocycles. The molecule has 11 heteroatoms. The van der Waals surface area contributed by atoms with Gasteiger partial charge in [-0.1, -0.05) is 0 Å². The van der Waals surface area contributed by atoms with Crippen molar-refractivity contribution in [1.29, 1.82) is 0 Å². The Hall–Kier alpha value is -2.82. The van der Waals surface area contributed by atoms with Crippen LogP contribution in [0.3, 0.4) is 0 Å². The van der Waals surface area contributed by atoms with Gasteiger partial charge in [0.25, 0.3) is 0 Å². The highest BCUT2D eigenvalue weighted by Gasteiger charge is 2.15. The van der Waals surface area contributed by atoms with E-state index in [1.807, 2.05) is 0 Å². The first-order valence-corrected chi connectivity index (χ1v) is 8.23. The fourth-order valence-corrected chi connectivity index (χ4v) is 2.26. The van der Waals surface area contributed by atoms with Gasteiger partial charge in [0.15, 0.2) is 23.0 Å². The molecule has 0 aromatic carbocycles. The molecule has 0 unspecified atom stereocenters. The molecule has 0 fully saturated rings. The van der Waals surface area contributed by atoms with Gasteiger partial charge in [0, 0.05) is 6.07 Å². The molecule has 3 aromatic rings. The van der Waals surface area contributed by atoms with Crippen LogP contribution in [0.1, 0.15) is 5.76 Å². The highest BCUT2D eigenvalue weighted by molar-refractivity contribution is 7.86. The van der Waals surface area contributed by atoms with Gasteiger partial charge >= 0.3 is 16.1 Å². The molecule has 23 heavy (non-hydrogen) atoms. The zero-order valence-electron chi connectivity index (χ0n) is 12.2. The summed E-state index contributed by atoms with van der Waals surface area (Å²) in [5, 5.41) is 3.01. The second kappa shape index (κ2) is 5.76. The number of aromatic nitrogens is 4. The van der Waals surface area contributed by atoms with E-state index < -0.39 is 10.1 Å². The van der Waals surface area contributed by atoms with Gasteiger partial charge in [0.05, 0.1) is 32.5 Å². The van der Waals surface area contributed by atoms with E-state index in [-0.39, 0.29) is 18.2 Å². The quantitative estimate of drug-likeness (QED) is 0.628. The molecule has 0 bridgehead atoms. The Morgan fingerprint density at radius 2 is 2.22 bits per heavy atom. The summed E-state index contributed by atoms with van der Waals surface area (Å²) < 4.78 is 37.6. The van der Waals surface area contributed by atoms with Crippen molar-refractivity contribution in [1.82, 2.24) is 19.9 Å². The lowest BCUT2D eigenvalue weighted by Gasteiger charge is -2.07. The maximum absolute atomic E-state index is 11.2. The predicted molar refractivity (Wildman–Crippen MR) is 79.7 cm³/mol. The van der Waals surface area contributed by atoms with Crippen LogP contribution in [0.4, 0.5) is 5.82 Å². The molecule has 0 saturated carbocycles. The van der Waals surface area contributed by atoms with Crippen LogP contribution < -0.4 is 14.2 Å². The van der Waals surface area contributed by atoms with Gasteiger partial charge < -0.3 is 23.6 Å². The fourth-order valence-electron chi connectivity index (χ4n) is 1.92. The van der Waals surface area contributed by atoms with Crippen molar-refractivity contribution in [2.75, 3.05) is 18.7 Å². The number of anilines is 1. The molecule has 2 N–H and O–H groups in total.